The predicted molar refractivity (Wildman–Crippen MR) is 164 cm³/mol. The minimum atomic E-state index is -1.43. The number of hydrogen-bond acceptors (Lipinski definition) is 12. The lowest BCUT2D eigenvalue weighted by atomic mass is 9.99. The van der Waals surface area contributed by atoms with E-state index in [9.17, 15) is 25.4 Å². The number of nitriles is 1. The van der Waals surface area contributed by atoms with E-state index in [1.807, 2.05) is 24.3 Å². The number of nitrogens with one attached hydrogen (secondary N) is 1. The van der Waals surface area contributed by atoms with Gasteiger partial charge in [-0.2, -0.15) is 5.26 Å². The molecule has 0 radical (unpaired) electrons. The molecule has 14 nitrogen and oxygen atoms in total. The number of fused-ring (bicyclic) bond motifs is 1. The molecule has 14 heteroatoms. The molecule has 45 heavy (non-hydrogen) atoms. The van der Waals surface area contributed by atoms with Crippen LogP contribution < -0.4 is 10.2 Å². The summed E-state index contributed by atoms with van der Waals surface area (Å²) in [5.41, 5.74) is 2.45. The van der Waals surface area contributed by atoms with Gasteiger partial charge in [-0.25, -0.2) is 4.68 Å². The monoisotopic (exact) mass is 621 g/mol. The van der Waals surface area contributed by atoms with Gasteiger partial charge in [0.1, 0.15) is 41.8 Å². The summed E-state index contributed by atoms with van der Waals surface area (Å²) in [6.45, 7) is 4.59. The standard InChI is InChI=1S/C31H39N7O7/c1-36-8-10-37(11-9-36)25-6-5-21-13-20(3-4-22(21)15-25)14-23(16-32)30(42)33-7-12-44-19-24-17-38(35-34-24)18-26-27(39)28(40)29(41)31(43-2)45-26/h3-6,13-15,17,26-29,31,39-41H,7-12,18-19H2,1-2H3,(H,33,42)/b23-14+/t26-,27-,28+,29-,31+/m1/s1. The average Bonchev–Trinajstić information content (AvgIpc) is 3.50. The van der Waals surface area contributed by atoms with Crippen LogP contribution in [0.4, 0.5) is 5.69 Å². The van der Waals surface area contributed by atoms with E-state index in [0.717, 1.165) is 42.5 Å². The van der Waals surface area contributed by atoms with Crippen molar-refractivity contribution in [1.82, 2.24) is 25.2 Å². The van der Waals surface area contributed by atoms with Crippen molar-refractivity contribution >= 4 is 28.4 Å². The van der Waals surface area contributed by atoms with Crippen molar-refractivity contribution in [1.29, 1.82) is 5.26 Å². The van der Waals surface area contributed by atoms with Gasteiger partial charge in [-0.05, 0) is 47.7 Å². The average molecular weight is 622 g/mol. The third-order valence-electron chi connectivity index (χ3n) is 8.03. The second-order valence-corrected chi connectivity index (χ2v) is 11.2. The Hall–Kier alpha value is -3.94. The number of carbonyl (C=O) groups excluding carboxylic acids is 1. The van der Waals surface area contributed by atoms with Crippen molar-refractivity contribution in [3.05, 3.63) is 59.4 Å². The topological polar surface area (TPSA) is 178 Å². The molecule has 240 valence electrons. The van der Waals surface area contributed by atoms with Crippen LogP contribution in [0.3, 0.4) is 0 Å². The van der Waals surface area contributed by atoms with E-state index in [-0.39, 0.29) is 31.9 Å². The van der Waals surface area contributed by atoms with Crippen LogP contribution in [0, 0.1) is 11.3 Å². The first-order valence-corrected chi connectivity index (χ1v) is 14.8. The molecule has 2 saturated heterocycles. The molecule has 5 atom stereocenters. The van der Waals surface area contributed by atoms with Crippen LogP contribution in [0.1, 0.15) is 11.3 Å². The molecule has 0 spiro atoms. The Morgan fingerprint density at radius 3 is 2.62 bits per heavy atom. The van der Waals surface area contributed by atoms with Gasteiger partial charge in [0.25, 0.3) is 5.91 Å². The van der Waals surface area contributed by atoms with Gasteiger partial charge in [0.15, 0.2) is 6.29 Å². The summed E-state index contributed by atoms with van der Waals surface area (Å²) in [5, 5.41) is 52.6. The quantitative estimate of drug-likeness (QED) is 0.127. The van der Waals surface area contributed by atoms with E-state index in [0.29, 0.717) is 5.69 Å². The van der Waals surface area contributed by atoms with Crippen molar-refractivity contribution in [2.45, 2.75) is 43.9 Å². The Kier molecular flexibility index (Phi) is 10.7. The van der Waals surface area contributed by atoms with Crippen molar-refractivity contribution in [2.24, 2.45) is 0 Å². The maximum Gasteiger partial charge on any atom is 0.262 e. The Morgan fingerprint density at radius 1 is 1.11 bits per heavy atom. The van der Waals surface area contributed by atoms with Gasteiger partial charge in [-0.1, -0.05) is 23.4 Å². The van der Waals surface area contributed by atoms with Crippen LogP contribution in [-0.4, -0.2) is 125 Å². The lowest BCUT2D eigenvalue weighted by Crippen LogP contribution is -2.58. The third kappa shape index (κ3) is 8.02. The Balaban J connectivity index is 1.07. The van der Waals surface area contributed by atoms with Gasteiger partial charge >= 0.3 is 0 Å². The van der Waals surface area contributed by atoms with Crippen molar-refractivity contribution in [2.75, 3.05) is 58.4 Å². The lowest BCUT2D eigenvalue weighted by Gasteiger charge is -2.39. The summed E-state index contributed by atoms with van der Waals surface area (Å²) in [7, 11) is 3.46. The summed E-state index contributed by atoms with van der Waals surface area (Å²) in [5.74, 6) is -0.495. The van der Waals surface area contributed by atoms with Crippen LogP contribution in [0.2, 0.25) is 0 Å². The normalized spacial score (nSPS) is 24.5. The molecule has 5 rings (SSSR count). The second kappa shape index (κ2) is 14.9. The van der Waals surface area contributed by atoms with Crippen LogP contribution in [-0.2, 0) is 32.2 Å². The van der Waals surface area contributed by atoms with Gasteiger partial charge < -0.3 is 44.6 Å². The number of amides is 1. The molecule has 2 aromatic carbocycles. The Labute approximate surface area is 261 Å². The summed E-state index contributed by atoms with van der Waals surface area (Å²) < 4.78 is 17.5. The molecule has 3 heterocycles. The summed E-state index contributed by atoms with van der Waals surface area (Å²) in [6, 6.07) is 14.2. The fourth-order valence-electron chi connectivity index (χ4n) is 5.37. The maximum absolute atomic E-state index is 12.7. The zero-order valence-corrected chi connectivity index (χ0v) is 25.3. The third-order valence-corrected chi connectivity index (χ3v) is 8.03. The number of hydrogen-bond donors (Lipinski definition) is 4. The first kappa shape index (κ1) is 32.5. The van der Waals surface area contributed by atoms with Crippen LogP contribution >= 0.6 is 0 Å². The Morgan fingerprint density at radius 2 is 1.87 bits per heavy atom. The summed E-state index contributed by atoms with van der Waals surface area (Å²) in [6.07, 6.45) is -2.94. The van der Waals surface area contributed by atoms with E-state index in [1.165, 1.54) is 17.5 Å². The predicted octanol–water partition coefficient (Wildman–Crippen LogP) is -0.123. The molecule has 2 aliphatic heterocycles. The van der Waals surface area contributed by atoms with Gasteiger partial charge in [-0.3, -0.25) is 4.79 Å². The van der Waals surface area contributed by atoms with E-state index in [4.69, 9.17) is 14.2 Å². The maximum atomic E-state index is 12.7. The number of aromatic nitrogens is 3. The first-order valence-electron chi connectivity index (χ1n) is 14.8. The number of aliphatic hydroxyl groups is 3. The van der Waals surface area contributed by atoms with Crippen LogP contribution in [0.5, 0.6) is 0 Å². The molecular weight excluding hydrogens is 582 g/mol. The van der Waals surface area contributed by atoms with Crippen LogP contribution in [0.15, 0.2) is 48.2 Å². The molecular formula is C31H39N7O7. The van der Waals surface area contributed by atoms with Gasteiger partial charge in [0.2, 0.25) is 0 Å². The highest BCUT2D eigenvalue weighted by Crippen LogP contribution is 2.25. The second-order valence-electron chi connectivity index (χ2n) is 11.2. The molecule has 3 aromatic rings. The largest absolute Gasteiger partial charge is 0.388 e. The summed E-state index contributed by atoms with van der Waals surface area (Å²) in [4.78, 5) is 17.4. The number of piperazine rings is 1. The molecule has 2 aliphatic rings. The minimum absolute atomic E-state index is 0.00758. The Bertz CT molecular complexity index is 1530. The number of likely N-dealkylation sites (N-methyl/N-ethyl adjacent to an activating group) is 1. The number of aliphatic hydroxyl groups excluding tert-OH is 3. The SMILES string of the molecule is CO[C@H]1O[C@H](Cn2cc(COCCNC(=O)/C(C#N)=C/c3ccc4cc(N5CCN(C)CC5)ccc4c3)nn2)[C@@H](O)[C@H](O)[C@H]1O. The number of benzene rings is 2. The van der Waals surface area contributed by atoms with Gasteiger partial charge in [-0.15, -0.1) is 5.10 Å². The first-order chi connectivity index (χ1) is 21.7. The molecule has 2 fully saturated rings. The molecule has 1 aromatic heterocycles. The van der Waals surface area contributed by atoms with Crippen molar-refractivity contribution in [3.8, 4) is 6.07 Å². The fraction of sp³-hybridized carbons (Fsp3) is 0.484. The van der Waals surface area contributed by atoms with Gasteiger partial charge in [0, 0.05) is 45.5 Å². The summed E-state index contributed by atoms with van der Waals surface area (Å²) >= 11 is 0. The molecule has 0 bridgehead atoms. The molecule has 0 saturated carbocycles. The number of ether oxygens (including phenoxy) is 3. The van der Waals surface area contributed by atoms with Crippen molar-refractivity contribution < 1.29 is 34.3 Å². The zero-order chi connectivity index (χ0) is 31.9. The minimum Gasteiger partial charge on any atom is -0.388 e. The van der Waals surface area contributed by atoms with E-state index < -0.39 is 36.6 Å². The highest BCUT2D eigenvalue weighted by molar-refractivity contribution is 6.02. The highest BCUT2D eigenvalue weighted by atomic mass is 16.7. The van der Waals surface area contributed by atoms with E-state index in [1.54, 1.807) is 12.3 Å². The number of methoxy groups -OCH3 is 1. The number of carbonyl (C=O) groups is 1. The lowest BCUT2D eigenvalue weighted by molar-refractivity contribution is -0.292. The zero-order valence-electron chi connectivity index (χ0n) is 25.3. The number of anilines is 1. The number of nitrogens with zero attached hydrogens (tertiary/aromatic N) is 6. The molecule has 0 aliphatic carbocycles. The highest BCUT2D eigenvalue weighted by Gasteiger charge is 2.44. The van der Waals surface area contributed by atoms with Crippen LogP contribution in [0.25, 0.3) is 16.8 Å². The number of rotatable bonds is 11. The smallest absolute Gasteiger partial charge is 0.262 e. The molecule has 0 unspecified atom stereocenters. The van der Waals surface area contributed by atoms with E-state index >= 15 is 0 Å². The molecule has 1 amide bonds. The van der Waals surface area contributed by atoms with Gasteiger partial charge in [0.05, 0.1) is 26.0 Å². The van der Waals surface area contributed by atoms with Crippen molar-refractivity contribution in [3.63, 3.8) is 0 Å². The van der Waals surface area contributed by atoms with E-state index in [2.05, 4.69) is 50.7 Å². The molecule has 4 N–H and O–H groups in total. The fourth-order valence-corrected chi connectivity index (χ4v) is 5.37.